The zero-order chi connectivity index (χ0) is 12.3. The molecule has 0 spiro atoms. The molecule has 1 aromatic rings. The molecule has 1 rings (SSSR count). The Morgan fingerprint density at radius 3 is 2.25 bits per heavy atom. The molecular formula is C12H18ClNO2. The minimum Gasteiger partial charge on any atom is -0.496 e. The topological polar surface area (TPSA) is 30.5 Å². The maximum absolute atomic E-state index is 6.18. The third kappa shape index (κ3) is 2.25. The molecule has 3 nitrogen and oxygen atoms in total. The molecule has 0 saturated heterocycles. The molecule has 0 heterocycles. The molecule has 16 heavy (non-hydrogen) atoms. The summed E-state index contributed by atoms with van der Waals surface area (Å²) in [6.45, 7) is 4.00. The van der Waals surface area contributed by atoms with Crippen molar-refractivity contribution in [3.05, 3.63) is 22.8 Å². The molecule has 1 atom stereocenters. The lowest BCUT2D eigenvalue weighted by Crippen LogP contribution is -2.12. The van der Waals surface area contributed by atoms with Crippen LogP contribution in [0.25, 0.3) is 0 Å². The van der Waals surface area contributed by atoms with Gasteiger partial charge in [0.2, 0.25) is 0 Å². The second-order valence-electron chi connectivity index (χ2n) is 3.60. The van der Waals surface area contributed by atoms with Gasteiger partial charge in [-0.05, 0) is 38.1 Å². The fraction of sp³-hybridized carbons (Fsp3) is 0.500. The number of halogens is 1. The van der Waals surface area contributed by atoms with Crippen molar-refractivity contribution >= 4 is 11.6 Å². The second kappa shape index (κ2) is 5.41. The van der Waals surface area contributed by atoms with Gasteiger partial charge in [-0.3, -0.25) is 0 Å². The molecular weight excluding hydrogens is 226 g/mol. The number of nitrogens with one attached hydrogen (secondary N) is 1. The maximum Gasteiger partial charge on any atom is 0.128 e. The summed E-state index contributed by atoms with van der Waals surface area (Å²) >= 11 is 6.18. The van der Waals surface area contributed by atoms with Crippen LogP contribution in [0.2, 0.25) is 0 Å². The molecule has 0 radical (unpaired) electrons. The van der Waals surface area contributed by atoms with Crippen molar-refractivity contribution in [2.45, 2.75) is 19.3 Å². The van der Waals surface area contributed by atoms with E-state index in [4.69, 9.17) is 21.1 Å². The van der Waals surface area contributed by atoms with E-state index in [1.54, 1.807) is 21.3 Å². The molecule has 90 valence electrons. The highest BCUT2D eigenvalue weighted by Crippen LogP contribution is 2.37. The standard InChI is InChI=1S/C12H18ClNO2/c1-7-8(2)11(16-5)9(12(13)14-3)6-10(7)15-4/h6,12,14H,1-5H3. The highest BCUT2D eigenvalue weighted by atomic mass is 35.5. The first-order valence-electron chi connectivity index (χ1n) is 5.10. The number of hydrogen-bond acceptors (Lipinski definition) is 3. The van der Waals surface area contributed by atoms with E-state index in [0.717, 1.165) is 28.2 Å². The molecule has 1 unspecified atom stereocenters. The second-order valence-corrected chi connectivity index (χ2v) is 4.04. The van der Waals surface area contributed by atoms with E-state index in [1.807, 2.05) is 19.9 Å². The van der Waals surface area contributed by atoms with Crippen LogP contribution in [-0.2, 0) is 0 Å². The number of rotatable bonds is 4. The molecule has 0 bridgehead atoms. The summed E-state index contributed by atoms with van der Waals surface area (Å²) in [5.41, 5.74) is 2.73. The lowest BCUT2D eigenvalue weighted by atomic mass is 10.0. The van der Waals surface area contributed by atoms with Gasteiger partial charge in [0.25, 0.3) is 0 Å². The van der Waals surface area contributed by atoms with Gasteiger partial charge in [0.15, 0.2) is 0 Å². The Morgan fingerprint density at radius 2 is 1.81 bits per heavy atom. The highest BCUT2D eigenvalue weighted by molar-refractivity contribution is 6.20. The molecule has 0 aliphatic rings. The van der Waals surface area contributed by atoms with Crippen LogP contribution in [0.5, 0.6) is 11.5 Å². The molecule has 1 N–H and O–H groups in total. The van der Waals surface area contributed by atoms with Gasteiger partial charge in [-0.2, -0.15) is 0 Å². The van der Waals surface area contributed by atoms with Crippen LogP contribution in [0.15, 0.2) is 6.07 Å². The van der Waals surface area contributed by atoms with Gasteiger partial charge in [-0.1, -0.05) is 0 Å². The van der Waals surface area contributed by atoms with Crippen LogP contribution < -0.4 is 14.8 Å². The lowest BCUT2D eigenvalue weighted by molar-refractivity contribution is 0.392. The quantitative estimate of drug-likeness (QED) is 0.652. The Kier molecular flexibility index (Phi) is 4.44. The van der Waals surface area contributed by atoms with Crippen LogP contribution in [0, 0.1) is 13.8 Å². The lowest BCUT2D eigenvalue weighted by Gasteiger charge is -2.19. The molecule has 1 aromatic carbocycles. The summed E-state index contributed by atoms with van der Waals surface area (Å²) in [6, 6.07) is 1.91. The van der Waals surface area contributed by atoms with Crippen LogP contribution in [-0.4, -0.2) is 21.3 Å². The summed E-state index contributed by atoms with van der Waals surface area (Å²) in [6.07, 6.45) is 0. The SMILES string of the molecule is CNC(Cl)c1cc(OC)c(C)c(C)c1OC. The molecule has 0 fully saturated rings. The average Bonchev–Trinajstić information content (AvgIpc) is 2.31. The highest BCUT2D eigenvalue weighted by Gasteiger charge is 2.18. The van der Waals surface area contributed by atoms with E-state index < -0.39 is 0 Å². The van der Waals surface area contributed by atoms with Gasteiger partial charge in [0.05, 0.1) is 14.2 Å². The van der Waals surface area contributed by atoms with Gasteiger partial charge in [0.1, 0.15) is 17.0 Å². The average molecular weight is 244 g/mol. The molecule has 0 amide bonds. The summed E-state index contributed by atoms with van der Waals surface area (Å²) in [4.78, 5) is 0. The zero-order valence-corrected chi connectivity index (χ0v) is 11.1. The first-order valence-corrected chi connectivity index (χ1v) is 5.53. The van der Waals surface area contributed by atoms with Crippen molar-refractivity contribution in [2.75, 3.05) is 21.3 Å². The van der Waals surface area contributed by atoms with Crippen molar-refractivity contribution in [3.8, 4) is 11.5 Å². The molecule has 0 saturated carbocycles. The van der Waals surface area contributed by atoms with Crippen molar-refractivity contribution < 1.29 is 9.47 Å². The van der Waals surface area contributed by atoms with Crippen LogP contribution >= 0.6 is 11.6 Å². The van der Waals surface area contributed by atoms with E-state index in [9.17, 15) is 0 Å². The van der Waals surface area contributed by atoms with Crippen molar-refractivity contribution in [3.63, 3.8) is 0 Å². The monoisotopic (exact) mass is 243 g/mol. The Labute approximate surface area is 102 Å². The Morgan fingerprint density at radius 1 is 1.19 bits per heavy atom. The number of hydrogen-bond donors (Lipinski definition) is 1. The van der Waals surface area contributed by atoms with Crippen LogP contribution in [0.4, 0.5) is 0 Å². The minimum absolute atomic E-state index is 0.289. The van der Waals surface area contributed by atoms with Crippen molar-refractivity contribution in [2.24, 2.45) is 0 Å². The predicted octanol–water partition coefficient (Wildman–Crippen LogP) is 2.78. The van der Waals surface area contributed by atoms with Gasteiger partial charge < -0.3 is 14.8 Å². The van der Waals surface area contributed by atoms with E-state index in [2.05, 4.69) is 5.32 Å². The molecule has 4 heteroatoms. The van der Waals surface area contributed by atoms with Gasteiger partial charge in [-0.15, -0.1) is 11.6 Å². The van der Waals surface area contributed by atoms with E-state index in [0.29, 0.717) is 0 Å². The largest absolute Gasteiger partial charge is 0.496 e. The number of benzene rings is 1. The third-order valence-corrected chi connectivity index (χ3v) is 3.23. The fourth-order valence-electron chi connectivity index (χ4n) is 1.71. The van der Waals surface area contributed by atoms with E-state index >= 15 is 0 Å². The third-order valence-electron chi connectivity index (χ3n) is 2.77. The normalized spacial score (nSPS) is 12.4. The fourth-order valence-corrected chi connectivity index (χ4v) is 1.88. The predicted molar refractivity (Wildman–Crippen MR) is 66.7 cm³/mol. The smallest absolute Gasteiger partial charge is 0.128 e. The van der Waals surface area contributed by atoms with Crippen molar-refractivity contribution in [1.82, 2.24) is 5.32 Å². The first-order chi connectivity index (χ1) is 7.56. The number of alkyl halides is 1. The number of methoxy groups -OCH3 is 2. The Bertz CT molecular complexity index is 380. The van der Waals surface area contributed by atoms with Gasteiger partial charge in [0, 0.05) is 5.56 Å². The van der Waals surface area contributed by atoms with Gasteiger partial charge >= 0.3 is 0 Å². The van der Waals surface area contributed by atoms with Crippen molar-refractivity contribution in [1.29, 1.82) is 0 Å². The first kappa shape index (κ1) is 13.1. The summed E-state index contributed by atoms with van der Waals surface area (Å²) in [5, 5.41) is 2.98. The van der Waals surface area contributed by atoms with Crippen LogP contribution in [0.1, 0.15) is 22.2 Å². The minimum atomic E-state index is -0.289. The summed E-state index contributed by atoms with van der Waals surface area (Å²) in [7, 11) is 5.11. The Balaban J connectivity index is 3.40. The Hall–Kier alpha value is -0.930. The summed E-state index contributed by atoms with van der Waals surface area (Å²) in [5.74, 6) is 1.64. The molecule has 0 aliphatic heterocycles. The molecule has 0 aromatic heterocycles. The maximum atomic E-state index is 6.18. The zero-order valence-electron chi connectivity index (χ0n) is 10.3. The van der Waals surface area contributed by atoms with E-state index in [1.165, 1.54) is 0 Å². The summed E-state index contributed by atoms with van der Waals surface area (Å²) < 4.78 is 10.7. The van der Waals surface area contributed by atoms with E-state index in [-0.39, 0.29) is 5.50 Å². The van der Waals surface area contributed by atoms with Gasteiger partial charge in [-0.25, -0.2) is 0 Å². The molecule has 0 aliphatic carbocycles. The number of ether oxygens (including phenoxy) is 2. The van der Waals surface area contributed by atoms with Crippen LogP contribution in [0.3, 0.4) is 0 Å².